The number of hydrogen-bond donors (Lipinski definition) is 3. The lowest BCUT2D eigenvalue weighted by Gasteiger charge is -2.23. The topological polar surface area (TPSA) is 60.7 Å². The summed E-state index contributed by atoms with van der Waals surface area (Å²) in [5, 5.41) is 27.8. The Morgan fingerprint density at radius 2 is 0.875 bits per heavy atom. The van der Waals surface area contributed by atoms with Crippen molar-refractivity contribution in [3.8, 4) is 0 Å². The van der Waals surface area contributed by atoms with Gasteiger partial charge in [-0.05, 0) is 24.7 Å². The molecular weight excluding hydrogens is 300 g/mol. The number of rotatable bonds is 19. The van der Waals surface area contributed by atoms with Crippen LogP contribution in [0.5, 0.6) is 0 Å². The summed E-state index contributed by atoms with van der Waals surface area (Å²) in [6.07, 6.45) is 19.1. The summed E-state index contributed by atoms with van der Waals surface area (Å²) in [6.45, 7) is 2.57. The zero-order valence-electron chi connectivity index (χ0n) is 16.2. The molecule has 0 aromatic heterocycles. The fourth-order valence-electron chi connectivity index (χ4n) is 3.54. The van der Waals surface area contributed by atoms with E-state index >= 15 is 0 Å². The second-order valence-electron chi connectivity index (χ2n) is 7.43. The Morgan fingerprint density at radius 3 is 1.25 bits per heavy atom. The smallest absolute Gasteiger partial charge is 0.0463 e. The Morgan fingerprint density at radius 1 is 0.500 bits per heavy atom. The SMILES string of the molecule is CCCCCCCCCCCCCCCC(CO)C(CO)CCO. The Bertz CT molecular complexity index is 233. The minimum Gasteiger partial charge on any atom is -0.396 e. The molecule has 2 atom stereocenters. The van der Waals surface area contributed by atoms with Crippen LogP contribution in [0.3, 0.4) is 0 Å². The molecule has 3 heteroatoms. The van der Waals surface area contributed by atoms with Crippen LogP contribution >= 0.6 is 0 Å². The van der Waals surface area contributed by atoms with Crippen molar-refractivity contribution in [2.45, 2.75) is 103 Å². The van der Waals surface area contributed by atoms with Crippen molar-refractivity contribution in [1.29, 1.82) is 0 Å². The van der Waals surface area contributed by atoms with Gasteiger partial charge in [0.1, 0.15) is 0 Å². The van der Waals surface area contributed by atoms with E-state index in [2.05, 4.69) is 6.92 Å². The van der Waals surface area contributed by atoms with Crippen molar-refractivity contribution in [1.82, 2.24) is 0 Å². The van der Waals surface area contributed by atoms with Crippen LogP contribution in [0.4, 0.5) is 0 Å². The molecule has 0 aliphatic carbocycles. The third kappa shape index (κ3) is 14.2. The molecule has 3 nitrogen and oxygen atoms in total. The maximum atomic E-state index is 9.45. The number of aliphatic hydroxyl groups is 3. The normalized spacial score (nSPS) is 14.0. The monoisotopic (exact) mass is 344 g/mol. The Hall–Kier alpha value is -0.120. The van der Waals surface area contributed by atoms with Crippen molar-refractivity contribution < 1.29 is 15.3 Å². The first-order valence-electron chi connectivity index (χ1n) is 10.6. The molecule has 0 bridgehead atoms. The van der Waals surface area contributed by atoms with Gasteiger partial charge in [0.05, 0.1) is 0 Å². The molecule has 146 valence electrons. The molecule has 0 rings (SSSR count). The van der Waals surface area contributed by atoms with Crippen LogP contribution in [0.15, 0.2) is 0 Å². The predicted molar refractivity (Wildman–Crippen MR) is 103 cm³/mol. The second-order valence-corrected chi connectivity index (χ2v) is 7.43. The van der Waals surface area contributed by atoms with Crippen LogP contribution in [0, 0.1) is 11.8 Å². The minimum atomic E-state index is 0.0531. The van der Waals surface area contributed by atoms with Crippen molar-refractivity contribution in [2.75, 3.05) is 19.8 Å². The fourth-order valence-corrected chi connectivity index (χ4v) is 3.54. The van der Waals surface area contributed by atoms with E-state index in [0.717, 1.165) is 12.8 Å². The summed E-state index contributed by atoms with van der Waals surface area (Å²) in [5.41, 5.74) is 0. The molecule has 0 heterocycles. The molecule has 0 saturated carbocycles. The maximum Gasteiger partial charge on any atom is 0.0463 e. The van der Waals surface area contributed by atoms with E-state index in [9.17, 15) is 10.2 Å². The molecule has 24 heavy (non-hydrogen) atoms. The average molecular weight is 345 g/mol. The van der Waals surface area contributed by atoms with E-state index in [1.807, 2.05) is 0 Å². The summed E-state index contributed by atoms with van der Waals surface area (Å²) in [5.74, 6) is 0.201. The third-order valence-electron chi connectivity index (χ3n) is 5.31. The predicted octanol–water partition coefficient (Wildman–Crippen LogP) is 5.07. The van der Waals surface area contributed by atoms with Crippen LogP contribution in [0.25, 0.3) is 0 Å². The molecule has 0 amide bonds. The fraction of sp³-hybridized carbons (Fsp3) is 1.00. The van der Waals surface area contributed by atoms with E-state index < -0.39 is 0 Å². The van der Waals surface area contributed by atoms with Crippen molar-refractivity contribution in [3.63, 3.8) is 0 Å². The lowest BCUT2D eigenvalue weighted by atomic mass is 9.86. The number of hydrogen-bond acceptors (Lipinski definition) is 3. The Kier molecular flexibility index (Phi) is 19.1. The van der Waals surface area contributed by atoms with E-state index in [0.29, 0.717) is 6.42 Å². The van der Waals surface area contributed by atoms with Gasteiger partial charge in [0, 0.05) is 19.8 Å². The summed E-state index contributed by atoms with van der Waals surface area (Å²) < 4.78 is 0. The summed E-state index contributed by atoms with van der Waals surface area (Å²) in [7, 11) is 0. The van der Waals surface area contributed by atoms with E-state index in [1.165, 1.54) is 77.0 Å². The zero-order valence-corrected chi connectivity index (χ0v) is 16.2. The quantitative estimate of drug-likeness (QED) is 0.287. The van der Waals surface area contributed by atoms with Gasteiger partial charge in [0.25, 0.3) is 0 Å². The first kappa shape index (κ1) is 23.9. The summed E-state index contributed by atoms with van der Waals surface area (Å²) in [6, 6.07) is 0. The van der Waals surface area contributed by atoms with Gasteiger partial charge in [0.15, 0.2) is 0 Å². The van der Waals surface area contributed by atoms with Crippen LogP contribution in [0.2, 0.25) is 0 Å². The van der Waals surface area contributed by atoms with Crippen molar-refractivity contribution in [2.24, 2.45) is 11.8 Å². The summed E-state index contributed by atoms with van der Waals surface area (Å²) in [4.78, 5) is 0. The van der Waals surface area contributed by atoms with Gasteiger partial charge in [0.2, 0.25) is 0 Å². The van der Waals surface area contributed by atoms with Crippen LogP contribution < -0.4 is 0 Å². The molecular formula is C21H44O3. The van der Waals surface area contributed by atoms with E-state index in [1.54, 1.807) is 0 Å². The molecule has 0 fully saturated rings. The molecule has 0 aromatic carbocycles. The third-order valence-corrected chi connectivity index (χ3v) is 5.31. The average Bonchev–Trinajstić information content (AvgIpc) is 2.60. The second kappa shape index (κ2) is 19.2. The standard InChI is InChI=1S/C21H44O3/c1-2-3-4-5-6-7-8-9-10-11-12-13-14-15-20(18-23)21(19-24)16-17-22/h20-24H,2-19H2,1H3. The van der Waals surface area contributed by atoms with Crippen LogP contribution in [0.1, 0.15) is 103 Å². The van der Waals surface area contributed by atoms with Gasteiger partial charge in [-0.1, -0.05) is 90.4 Å². The molecule has 2 unspecified atom stereocenters. The molecule has 3 N–H and O–H groups in total. The highest BCUT2D eigenvalue weighted by Crippen LogP contribution is 2.22. The largest absolute Gasteiger partial charge is 0.396 e. The minimum absolute atomic E-state index is 0.0531. The highest BCUT2D eigenvalue weighted by atomic mass is 16.3. The van der Waals surface area contributed by atoms with Gasteiger partial charge in [-0.2, -0.15) is 0 Å². The molecule has 0 aromatic rings. The highest BCUT2D eigenvalue weighted by molar-refractivity contribution is 4.69. The first-order chi connectivity index (χ1) is 11.8. The van der Waals surface area contributed by atoms with Gasteiger partial charge < -0.3 is 15.3 Å². The van der Waals surface area contributed by atoms with Crippen molar-refractivity contribution >= 4 is 0 Å². The highest BCUT2D eigenvalue weighted by Gasteiger charge is 2.19. The van der Waals surface area contributed by atoms with Gasteiger partial charge >= 0.3 is 0 Å². The lowest BCUT2D eigenvalue weighted by molar-refractivity contribution is 0.0918. The Balaban J connectivity index is 3.37. The maximum absolute atomic E-state index is 9.45. The molecule has 0 aliphatic rings. The molecule has 0 radical (unpaired) electrons. The number of aliphatic hydroxyl groups excluding tert-OH is 3. The van der Waals surface area contributed by atoms with Crippen LogP contribution in [-0.2, 0) is 0 Å². The van der Waals surface area contributed by atoms with E-state index in [-0.39, 0.29) is 31.7 Å². The summed E-state index contributed by atoms with van der Waals surface area (Å²) >= 11 is 0. The van der Waals surface area contributed by atoms with E-state index in [4.69, 9.17) is 5.11 Å². The van der Waals surface area contributed by atoms with Gasteiger partial charge in [-0.15, -0.1) is 0 Å². The first-order valence-corrected chi connectivity index (χ1v) is 10.6. The van der Waals surface area contributed by atoms with Gasteiger partial charge in [-0.25, -0.2) is 0 Å². The molecule has 0 aliphatic heterocycles. The lowest BCUT2D eigenvalue weighted by Crippen LogP contribution is -2.23. The molecule has 0 saturated heterocycles. The van der Waals surface area contributed by atoms with Gasteiger partial charge in [-0.3, -0.25) is 0 Å². The Labute approximate surface area is 150 Å². The van der Waals surface area contributed by atoms with Crippen LogP contribution in [-0.4, -0.2) is 35.1 Å². The number of unbranched alkanes of at least 4 members (excludes halogenated alkanes) is 12. The van der Waals surface area contributed by atoms with Crippen molar-refractivity contribution in [3.05, 3.63) is 0 Å². The zero-order chi connectivity index (χ0) is 17.9. The molecule has 0 spiro atoms.